The molecule has 1 amide bonds. The lowest BCUT2D eigenvalue weighted by Crippen LogP contribution is -2.37. The number of fused-ring (bicyclic) bond motifs is 5. The topological polar surface area (TPSA) is 75.0 Å². The number of pyridine rings is 1. The number of aryl methyl sites for hydroxylation is 1. The average molecular weight is 380 g/mol. The number of amides is 1. The second-order valence-electron chi connectivity index (χ2n) is 7.70. The summed E-state index contributed by atoms with van der Waals surface area (Å²) in [5, 5.41) is 12.8. The van der Waals surface area contributed by atoms with Crippen molar-refractivity contribution in [1.29, 1.82) is 5.26 Å². The highest BCUT2D eigenvalue weighted by Crippen LogP contribution is 2.65. The van der Waals surface area contributed by atoms with Crippen molar-refractivity contribution >= 4 is 23.2 Å². The zero-order valence-corrected chi connectivity index (χ0v) is 15.5. The summed E-state index contributed by atoms with van der Waals surface area (Å²) in [4.78, 5) is 17.5. The Hall–Kier alpha value is -2.42. The Kier molecular flexibility index (Phi) is 3.75. The maximum absolute atomic E-state index is 13.2. The minimum atomic E-state index is -0.261. The van der Waals surface area contributed by atoms with Gasteiger partial charge in [0, 0.05) is 22.8 Å². The number of nitrogens with one attached hydrogen (secondary N) is 1. The van der Waals surface area contributed by atoms with Crippen molar-refractivity contribution in [3.63, 3.8) is 0 Å². The molecule has 0 unspecified atom stereocenters. The third-order valence-electron chi connectivity index (χ3n) is 6.11. The Morgan fingerprint density at radius 2 is 2.11 bits per heavy atom. The molecule has 0 spiro atoms. The predicted molar refractivity (Wildman–Crippen MR) is 100 cm³/mol. The molecule has 3 aliphatic rings. The quantitative estimate of drug-likeness (QED) is 0.882. The molecule has 2 saturated heterocycles. The van der Waals surface area contributed by atoms with Crippen molar-refractivity contribution in [2.45, 2.75) is 31.5 Å². The van der Waals surface area contributed by atoms with Gasteiger partial charge in [0.05, 0.1) is 29.4 Å². The number of halogens is 1. The molecule has 2 aliphatic heterocycles. The largest absolute Gasteiger partial charge is 0.373 e. The minimum absolute atomic E-state index is 0.0262. The Balaban J connectivity index is 1.47. The van der Waals surface area contributed by atoms with E-state index in [-0.39, 0.29) is 30.0 Å². The van der Waals surface area contributed by atoms with Crippen LogP contribution in [0.4, 0.5) is 5.69 Å². The number of rotatable bonds is 3. The van der Waals surface area contributed by atoms with Crippen molar-refractivity contribution in [1.82, 2.24) is 4.98 Å². The molecule has 0 radical (unpaired) electrons. The Bertz CT molecular complexity index is 986. The number of hydrogen-bond acceptors (Lipinski definition) is 4. The van der Waals surface area contributed by atoms with Crippen LogP contribution in [0.2, 0.25) is 5.02 Å². The molecule has 1 N–H and O–H groups in total. The highest BCUT2D eigenvalue weighted by Gasteiger charge is 2.68. The minimum Gasteiger partial charge on any atom is -0.373 e. The molecule has 136 valence electrons. The van der Waals surface area contributed by atoms with Crippen LogP contribution in [-0.4, -0.2) is 23.1 Å². The van der Waals surface area contributed by atoms with Gasteiger partial charge in [-0.15, -0.1) is 0 Å². The number of benzene rings is 1. The lowest BCUT2D eigenvalue weighted by Gasteiger charge is -2.27. The maximum Gasteiger partial charge on any atom is 0.230 e. The molecule has 1 saturated carbocycles. The van der Waals surface area contributed by atoms with E-state index >= 15 is 0 Å². The van der Waals surface area contributed by atoms with Crippen molar-refractivity contribution in [3.05, 3.63) is 58.4 Å². The Morgan fingerprint density at radius 1 is 1.30 bits per heavy atom. The standard InChI is InChI=1S/C21H18ClN3O2/c1-10-6-11(4-5-24-10)17-18(20-15-8-14(15)19(17)27-20)21(26)25-16-3-2-13(22)7-12(16)9-23/h2-7,14-15,17-20H,8H2,1H3,(H,25,26)/t14-,15+,17+,18+,19-,20+/m0/s1. The number of carbonyl (C=O) groups excluding carboxylic acids is 1. The van der Waals surface area contributed by atoms with E-state index in [0.717, 1.165) is 17.7 Å². The van der Waals surface area contributed by atoms with Gasteiger partial charge in [0.1, 0.15) is 6.07 Å². The third-order valence-corrected chi connectivity index (χ3v) is 6.35. The number of anilines is 1. The van der Waals surface area contributed by atoms with Crippen LogP contribution >= 0.6 is 11.6 Å². The lowest BCUT2D eigenvalue weighted by molar-refractivity contribution is -0.122. The monoisotopic (exact) mass is 379 g/mol. The van der Waals surface area contributed by atoms with Crippen LogP contribution in [0.25, 0.3) is 0 Å². The molecule has 1 aliphatic carbocycles. The molecule has 2 aromatic rings. The molecule has 1 aromatic heterocycles. The highest BCUT2D eigenvalue weighted by molar-refractivity contribution is 6.30. The van der Waals surface area contributed by atoms with Gasteiger partial charge in [-0.05, 0) is 61.1 Å². The van der Waals surface area contributed by atoms with Crippen LogP contribution in [0.3, 0.4) is 0 Å². The van der Waals surface area contributed by atoms with E-state index < -0.39 is 0 Å². The van der Waals surface area contributed by atoms with Crippen molar-refractivity contribution < 1.29 is 9.53 Å². The fourth-order valence-corrected chi connectivity index (χ4v) is 5.08. The summed E-state index contributed by atoms with van der Waals surface area (Å²) in [6, 6.07) is 11.1. The van der Waals surface area contributed by atoms with Gasteiger partial charge in [-0.3, -0.25) is 9.78 Å². The van der Waals surface area contributed by atoms with E-state index in [1.807, 2.05) is 13.0 Å². The summed E-state index contributed by atoms with van der Waals surface area (Å²) < 4.78 is 6.22. The van der Waals surface area contributed by atoms with Crippen molar-refractivity contribution in [2.75, 3.05) is 5.32 Å². The van der Waals surface area contributed by atoms with E-state index in [2.05, 4.69) is 22.4 Å². The Morgan fingerprint density at radius 3 is 2.89 bits per heavy atom. The second-order valence-corrected chi connectivity index (χ2v) is 8.14. The Labute approximate surface area is 162 Å². The molecular weight excluding hydrogens is 362 g/mol. The van der Waals surface area contributed by atoms with Crippen LogP contribution in [0.15, 0.2) is 36.5 Å². The summed E-state index contributed by atoms with van der Waals surface area (Å²) >= 11 is 5.96. The summed E-state index contributed by atoms with van der Waals surface area (Å²) in [5.74, 6) is 0.737. The van der Waals surface area contributed by atoms with E-state index in [4.69, 9.17) is 16.3 Å². The second kappa shape index (κ2) is 6.05. The van der Waals surface area contributed by atoms with Crippen LogP contribution in [0, 0.1) is 36.0 Å². The predicted octanol–water partition coefficient (Wildman–Crippen LogP) is 3.67. The zero-order valence-electron chi connectivity index (χ0n) is 14.7. The van der Waals surface area contributed by atoms with Gasteiger partial charge in [-0.1, -0.05) is 11.6 Å². The maximum atomic E-state index is 13.2. The van der Waals surface area contributed by atoms with Gasteiger partial charge < -0.3 is 10.1 Å². The first-order valence-electron chi connectivity index (χ1n) is 9.15. The van der Waals surface area contributed by atoms with Gasteiger partial charge >= 0.3 is 0 Å². The number of nitriles is 1. The summed E-state index contributed by atoms with van der Waals surface area (Å²) in [7, 11) is 0. The van der Waals surface area contributed by atoms with E-state index in [9.17, 15) is 10.1 Å². The summed E-state index contributed by atoms with van der Waals surface area (Å²) in [6.07, 6.45) is 2.99. The molecular formula is C21H18ClN3O2. The number of aromatic nitrogens is 1. The number of carbonyl (C=O) groups is 1. The first-order valence-corrected chi connectivity index (χ1v) is 9.53. The molecule has 1 aromatic carbocycles. The zero-order chi connectivity index (χ0) is 18.7. The van der Waals surface area contributed by atoms with Crippen molar-refractivity contribution in [2.24, 2.45) is 17.8 Å². The molecule has 6 heteroatoms. The van der Waals surface area contributed by atoms with Crippen LogP contribution in [0.5, 0.6) is 0 Å². The van der Waals surface area contributed by atoms with Crippen LogP contribution < -0.4 is 5.32 Å². The first-order chi connectivity index (χ1) is 13.1. The van der Waals surface area contributed by atoms with Gasteiger partial charge in [-0.25, -0.2) is 0 Å². The van der Waals surface area contributed by atoms with Crippen LogP contribution in [-0.2, 0) is 9.53 Å². The summed E-state index contributed by atoms with van der Waals surface area (Å²) in [6.45, 7) is 1.96. The molecule has 5 nitrogen and oxygen atoms in total. The number of nitrogens with zero attached hydrogens (tertiary/aromatic N) is 2. The fraction of sp³-hybridized carbons (Fsp3) is 0.381. The van der Waals surface area contributed by atoms with Gasteiger partial charge in [-0.2, -0.15) is 5.26 Å². The van der Waals surface area contributed by atoms with Gasteiger partial charge in [0.15, 0.2) is 0 Å². The van der Waals surface area contributed by atoms with Gasteiger partial charge in [0.2, 0.25) is 5.91 Å². The van der Waals surface area contributed by atoms with Crippen molar-refractivity contribution in [3.8, 4) is 6.07 Å². The fourth-order valence-electron chi connectivity index (χ4n) is 4.90. The van der Waals surface area contributed by atoms with E-state index in [1.165, 1.54) is 0 Å². The summed E-state index contributed by atoms with van der Waals surface area (Å²) in [5.41, 5.74) is 2.90. The average Bonchev–Trinajstić information content (AvgIpc) is 3.27. The molecule has 2 bridgehead atoms. The van der Waals surface area contributed by atoms with E-state index in [0.29, 0.717) is 28.1 Å². The molecule has 5 rings (SSSR count). The lowest BCUT2D eigenvalue weighted by atomic mass is 9.75. The molecule has 6 atom stereocenters. The van der Waals surface area contributed by atoms with Gasteiger partial charge in [0.25, 0.3) is 0 Å². The van der Waals surface area contributed by atoms with Crippen LogP contribution in [0.1, 0.15) is 29.2 Å². The normalized spacial score (nSPS) is 32.6. The molecule has 3 fully saturated rings. The highest BCUT2D eigenvalue weighted by atomic mass is 35.5. The smallest absolute Gasteiger partial charge is 0.230 e. The number of ether oxygens (including phenoxy) is 1. The third kappa shape index (κ3) is 2.63. The molecule has 27 heavy (non-hydrogen) atoms. The SMILES string of the molecule is Cc1cc([C@H]2[C@H]3O[C@H]([C@@H]4C[C@@H]43)[C@@H]2C(=O)Nc2ccc(Cl)cc2C#N)ccn1. The number of hydrogen-bond donors (Lipinski definition) is 1. The first kappa shape index (κ1) is 16.7. The molecule has 3 heterocycles. The van der Waals surface area contributed by atoms with E-state index in [1.54, 1.807) is 24.4 Å².